The van der Waals surface area contributed by atoms with E-state index in [1.165, 1.54) is 46.8 Å². The second-order valence-electron chi connectivity index (χ2n) is 9.98. The highest BCUT2D eigenvalue weighted by molar-refractivity contribution is 7.90. The van der Waals surface area contributed by atoms with Crippen LogP contribution >= 0.6 is 11.3 Å². The van der Waals surface area contributed by atoms with Crippen molar-refractivity contribution in [3.8, 4) is 10.6 Å². The van der Waals surface area contributed by atoms with Crippen LogP contribution in [0.2, 0.25) is 0 Å². The van der Waals surface area contributed by atoms with Crippen LogP contribution in [0.1, 0.15) is 37.2 Å². The van der Waals surface area contributed by atoms with Crippen LogP contribution in [-0.4, -0.2) is 71.4 Å². The van der Waals surface area contributed by atoms with E-state index in [0.29, 0.717) is 17.6 Å². The van der Waals surface area contributed by atoms with Gasteiger partial charge in [-0.15, -0.1) is 11.3 Å². The molecule has 0 amide bonds. The lowest BCUT2D eigenvalue weighted by molar-refractivity contribution is 0.0878. The van der Waals surface area contributed by atoms with Crippen molar-refractivity contribution in [2.75, 3.05) is 33.2 Å². The van der Waals surface area contributed by atoms with Gasteiger partial charge < -0.3 is 4.90 Å². The largest absolute Gasteiger partial charge is 0.304 e. The van der Waals surface area contributed by atoms with Crippen LogP contribution in [0.4, 0.5) is 0 Å². The third kappa shape index (κ3) is 4.38. The van der Waals surface area contributed by atoms with Gasteiger partial charge in [-0.2, -0.15) is 0 Å². The molecule has 2 fully saturated rings. The van der Waals surface area contributed by atoms with Crippen LogP contribution in [0.3, 0.4) is 0 Å². The summed E-state index contributed by atoms with van der Waals surface area (Å²) in [5.74, 6) is 0.448. The Morgan fingerprint density at radius 2 is 1.72 bits per heavy atom. The molecular formula is C27H31N5O2S2. The molecule has 0 spiro atoms. The Morgan fingerprint density at radius 1 is 0.972 bits per heavy atom. The number of aromatic nitrogens is 3. The van der Waals surface area contributed by atoms with E-state index in [0.717, 1.165) is 41.9 Å². The summed E-state index contributed by atoms with van der Waals surface area (Å²) in [5, 5.41) is 3.57. The number of hydrogen-bond acceptors (Lipinski definition) is 7. The number of likely N-dealkylation sites (N-methyl/N-ethyl adjacent to an activating group) is 1. The molecule has 4 heterocycles. The van der Waals surface area contributed by atoms with Crippen LogP contribution in [0.25, 0.3) is 21.6 Å². The van der Waals surface area contributed by atoms with E-state index in [1.54, 1.807) is 36.7 Å². The monoisotopic (exact) mass is 521 g/mol. The number of benzene rings is 1. The number of nitrogens with zero attached hydrogens (tertiary/aromatic N) is 5. The highest BCUT2D eigenvalue weighted by Gasteiger charge is 2.30. The lowest BCUT2D eigenvalue weighted by atomic mass is 9.81. The molecule has 0 atom stereocenters. The third-order valence-electron chi connectivity index (χ3n) is 7.82. The summed E-state index contributed by atoms with van der Waals surface area (Å²) in [6.07, 6.45) is 10.0. The number of rotatable bonds is 5. The zero-order chi connectivity index (χ0) is 24.7. The molecule has 1 saturated heterocycles. The Labute approximate surface area is 216 Å². The molecule has 36 heavy (non-hydrogen) atoms. The van der Waals surface area contributed by atoms with Gasteiger partial charge in [-0.05, 0) is 62.4 Å². The van der Waals surface area contributed by atoms with E-state index >= 15 is 0 Å². The van der Waals surface area contributed by atoms with E-state index in [4.69, 9.17) is 4.98 Å². The van der Waals surface area contributed by atoms with Crippen LogP contribution in [0.5, 0.6) is 0 Å². The quantitative estimate of drug-likeness (QED) is 0.380. The van der Waals surface area contributed by atoms with Gasteiger partial charge in [-0.1, -0.05) is 18.2 Å². The smallest absolute Gasteiger partial charge is 0.269 e. The molecule has 4 aromatic rings. The Hall–Kier alpha value is -2.59. The van der Waals surface area contributed by atoms with E-state index < -0.39 is 10.0 Å². The summed E-state index contributed by atoms with van der Waals surface area (Å²) in [5.41, 5.74) is 2.48. The zero-order valence-corrected chi connectivity index (χ0v) is 22.1. The summed E-state index contributed by atoms with van der Waals surface area (Å²) in [6, 6.07) is 11.4. The van der Waals surface area contributed by atoms with Crippen molar-refractivity contribution in [2.45, 2.75) is 42.5 Å². The minimum atomic E-state index is -3.78. The van der Waals surface area contributed by atoms with Gasteiger partial charge in [0.15, 0.2) is 5.65 Å². The standard InChI is InChI=1S/C27H31N5O2S2/c1-30-12-14-31(15-13-30)22-9-7-20(8-10-22)21-17-24-25(27-28-11-16-35-27)19-32(26(24)29-18-21)36(33,34)23-5-3-2-4-6-23/h2-6,11,16-20,22H,7-10,12-15H2,1H3. The molecular weight excluding hydrogens is 490 g/mol. The molecule has 0 unspecified atom stereocenters. The van der Waals surface area contributed by atoms with Gasteiger partial charge in [0.05, 0.1) is 4.90 Å². The minimum Gasteiger partial charge on any atom is -0.304 e. The maximum absolute atomic E-state index is 13.5. The van der Waals surface area contributed by atoms with Crippen molar-refractivity contribution >= 4 is 32.4 Å². The topological polar surface area (TPSA) is 71.3 Å². The summed E-state index contributed by atoms with van der Waals surface area (Å²) in [7, 11) is -1.57. The SMILES string of the molecule is CN1CCN(C2CCC(c3cnc4c(c3)c(-c3nccs3)cn4S(=O)(=O)c3ccccc3)CC2)CC1. The van der Waals surface area contributed by atoms with Crippen LogP contribution in [0, 0.1) is 0 Å². The molecule has 1 aromatic carbocycles. The van der Waals surface area contributed by atoms with E-state index in [2.05, 4.69) is 27.9 Å². The molecule has 6 rings (SSSR count). The van der Waals surface area contributed by atoms with Crippen LogP contribution in [-0.2, 0) is 10.0 Å². The fraction of sp³-hybridized carbons (Fsp3) is 0.407. The number of fused-ring (bicyclic) bond motifs is 1. The number of hydrogen-bond donors (Lipinski definition) is 0. The molecule has 1 aliphatic heterocycles. The van der Waals surface area contributed by atoms with Gasteiger partial charge in [0, 0.05) is 67.1 Å². The molecule has 0 N–H and O–H groups in total. The highest BCUT2D eigenvalue weighted by Crippen LogP contribution is 2.39. The van der Waals surface area contributed by atoms with Crippen LogP contribution < -0.4 is 0 Å². The van der Waals surface area contributed by atoms with Gasteiger partial charge in [0.2, 0.25) is 0 Å². The molecule has 1 saturated carbocycles. The number of thiazole rings is 1. The maximum Gasteiger partial charge on any atom is 0.269 e. The van der Waals surface area contributed by atoms with Gasteiger partial charge in [-0.25, -0.2) is 22.4 Å². The van der Waals surface area contributed by atoms with Crippen molar-refractivity contribution < 1.29 is 8.42 Å². The first-order chi connectivity index (χ1) is 17.5. The first-order valence-corrected chi connectivity index (χ1v) is 15.0. The number of pyridine rings is 1. The van der Waals surface area contributed by atoms with Crippen molar-refractivity contribution in [3.05, 3.63) is 65.9 Å². The van der Waals surface area contributed by atoms with Crippen molar-refractivity contribution in [2.24, 2.45) is 0 Å². The molecule has 3 aromatic heterocycles. The average Bonchev–Trinajstić information content (AvgIpc) is 3.58. The van der Waals surface area contributed by atoms with Crippen molar-refractivity contribution in [1.29, 1.82) is 0 Å². The first kappa shape index (κ1) is 23.8. The second-order valence-corrected chi connectivity index (χ2v) is 12.7. The first-order valence-electron chi connectivity index (χ1n) is 12.6. The van der Waals surface area contributed by atoms with Gasteiger partial charge >= 0.3 is 0 Å². The summed E-state index contributed by atoms with van der Waals surface area (Å²) >= 11 is 1.51. The van der Waals surface area contributed by atoms with Crippen molar-refractivity contribution in [1.82, 2.24) is 23.7 Å². The second kappa shape index (κ2) is 9.70. The zero-order valence-electron chi connectivity index (χ0n) is 20.5. The van der Waals surface area contributed by atoms with Crippen LogP contribution in [0.15, 0.2) is 65.3 Å². The normalized spacial score (nSPS) is 22.2. The summed E-state index contributed by atoms with van der Waals surface area (Å²) in [6.45, 7) is 4.64. The maximum atomic E-state index is 13.5. The summed E-state index contributed by atoms with van der Waals surface area (Å²) < 4.78 is 28.4. The lowest BCUT2D eigenvalue weighted by Gasteiger charge is -2.41. The van der Waals surface area contributed by atoms with E-state index in [9.17, 15) is 8.42 Å². The molecule has 2 aliphatic rings. The van der Waals surface area contributed by atoms with E-state index in [1.807, 2.05) is 17.6 Å². The molecule has 0 radical (unpaired) electrons. The summed E-state index contributed by atoms with van der Waals surface area (Å²) in [4.78, 5) is 14.6. The Balaban J connectivity index is 1.32. The lowest BCUT2D eigenvalue weighted by Crippen LogP contribution is -2.49. The fourth-order valence-electron chi connectivity index (χ4n) is 5.70. The van der Waals surface area contributed by atoms with Gasteiger partial charge in [0.1, 0.15) is 5.01 Å². The molecule has 7 nitrogen and oxygen atoms in total. The van der Waals surface area contributed by atoms with Gasteiger partial charge in [0.25, 0.3) is 10.0 Å². The molecule has 0 bridgehead atoms. The predicted octanol–water partition coefficient (Wildman–Crippen LogP) is 4.67. The molecule has 1 aliphatic carbocycles. The minimum absolute atomic E-state index is 0.251. The fourth-order valence-corrected chi connectivity index (χ4v) is 7.70. The third-order valence-corrected chi connectivity index (χ3v) is 10.3. The van der Waals surface area contributed by atoms with Crippen molar-refractivity contribution in [3.63, 3.8) is 0 Å². The Morgan fingerprint density at radius 3 is 2.42 bits per heavy atom. The number of piperazine rings is 1. The Kier molecular flexibility index (Phi) is 6.41. The molecule has 188 valence electrons. The van der Waals surface area contributed by atoms with Gasteiger partial charge in [-0.3, -0.25) is 4.90 Å². The average molecular weight is 522 g/mol. The Bertz CT molecular complexity index is 1430. The highest BCUT2D eigenvalue weighted by atomic mass is 32.2. The predicted molar refractivity (Wildman–Crippen MR) is 144 cm³/mol. The molecule has 9 heteroatoms. The van der Waals surface area contributed by atoms with E-state index in [-0.39, 0.29) is 4.90 Å².